The number of ether oxygens (including phenoxy) is 3. The molecule has 3 aromatic carbocycles. The Morgan fingerprint density at radius 3 is 2.23 bits per heavy atom. The normalized spacial score (nSPS) is 10.5. The van der Waals surface area contributed by atoms with Crippen molar-refractivity contribution in [3.8, 4) is 17.2 Å². The zero-order valence-corrected chi connectivity index (χ0v) is 17.0. The summed E-state index contributed by atoms with van der Waals surface area (Å²) in [6, 6.07) is 15.9. The highest BCUT2D eigenvalue weighted by Crippen LogP contribution is 2.24. The zero-order chi connectivity index (χ0) is 21.7. The van der Waals surface area contributed by atoms with E-state index in [-0.39, 0.29) is 17.2 Å². The molecule has 156 valence electrons. The smallest absolute Gasteiger partial charge is 0.342 e. The summed E-state index contributed by atoms with van der Waals surface area (Å²) in [5.74, 6) is -0.211. The quantitative estimate of drug-likeness (QED) is 0.602. The van der Waals surface area contributed by atoms with Crippen LogP contribution >= 0.6 is 0 Å². The lowest BCUT2D eigenvalue weighted by molar-refractivity contribution is -0.133. The van der Waals surface area contributed by atoms with Crippen molar-refractivity contribution in [3.05, 3.63) is 65.7 Å². The van der Waals surface area contributed by atoms with E-state index >= 15 is 0 Å². The van der Waals surface area contributed by atoms with Gasteiger partial charge in [-0.2, -0.15) is 0 Å². The third kappa shape index (κ3) is 4.81. The van der Waals surface area contributed by atoms with Crippen molar-refractivity contribution in [1.82, 2.24) is 4.90 Å². The molecule has 0 fully saturated rings. The summed E-state index contributed by atoms with van der Waals surface area (Å²) in [5, 5.41) is 12.0. The Morgan fingerprint density at radius 1 is 0.900 bits per heavy atom. The number of amides is 1. The summed E-state index contributed by atoms with van der Waals surface area (Å²) in [7, 11) is 4.71. The van der Waals surface area contributed by atoms with Gasteiger partial charge in [0, 0.05) is 19.7 Å². The first-order chi connectivity index (χ1) is 14.4. The Hall–Kier alpha value is -3.74. The minimum atomic E-state index is -0.781. The fraction of sp³-hybridized carbons (Fsp3) is 0.217. The van der Waals surface area contributed by atoms with Crippen molar-refractivity contribution in [1.29, 1.82) is 0 Å². The SMILES string of the molecule is COc1ccc(C(=O)OCC(=O)N(C)Cc2ccc3cc(OC)ccc3c2)c(O)c1. The van der Waals surface area contributed by atoms with Crippen molar-refractivity contribution in [2.75, 3.05) is 27.9 Å². The Kier molecular flexibility index (Phi) is 6.41. The lowest BCUT2D eigenvalue weighted by Gasteiger charge is -2.18. The molecule has 0 atom stereocenters. The van der Waals surface area contributed by atoms with Crippen molar-refractivity contribution >= 4 is 22.6 Å². The van der Waals surface area contributed by atoms with Crippen LogP contribution in [0, 0.1) is 0 Å². The predicted octanol–water partition coefficient (Wildman–Crippen LogP) is 3.38. The summed E-state index contributed by atoms with van der Waals surface area (Å²) in [6.07, 6.45) is 0. The molecule has 0 aliphatic rings. The highest BCUT2D eigenvalue weighted by atomic mass is 16.5. The molecule has 0 spiro atoms. The minimum absolute atomic E-state index is 0.0313. The molecule has 0 saturated heterocycles. The van der Waals surface area contributed by atoms with Crippen LogP contribution in [0.1, 0.15) is 15.9 Å². The molecular formula is C23H23NO6. The lowest BCUT2D eigenvalue weighted by atomic mass is 10.1. The largest absolute Gasteiger partial charge is 0.507 e. The van der Waals surface area contributed by atoms with Gasteiger partial charge in [0.05, 0.1) is 14.2 Å². The van der Waals surface area contributed by atoms with Gasteiger partial charge in [0.25, 0.3) is 5.91 Å². The average Bonchev–Trinajstić information content (AvgIpc) is 2.76. The van der Waals surface area contributed by atoms with Crippen LogP contribution in [0.25, 0.3) is 10.8 Å². The second-order valence-electron chi connectivity index (χ2n) is 6.76. The molecule has 30 heavy (non-hydrogen) atoms. The van der Waals surface area contributed by atoms with E-state index in [1.807, 2.05) is 36.4 Å². The van der Waals surface area contributed by atoms with E-state index in [9.17, 15) is 14.7 Å². The van der Waals surface area contributed by atoms with Crippen LogP contribution in [-0.4, -0.2) is 49.8 Å². The minimum Gasteiger partial charge on any atom is -0.507 e. The van der Waals surface area contributed by atoms with E-state index in [0.717, 1.165) is 22.1 Å². The molecule has 3 aromatic rings. The van der Waals surface area contributed by atoms with E-state index in [0.29, 0.717) is 12.3 Å². The first-order valence-corrected chi connectivity index (χ1v) is 9.26. The molecule has 3 rings (SSSR count). The Bertz CT molecular complexity index is 1080. The number of phenols is 1. The van der Waals surface area contributed by atoms with Crippen molar-refractivity contribution in [2.24, 2.45) is 0 Å². The number of carbonyl (C=O) groups excluding carboxylic acids is 2. The number of aromatic hydroxyl groups is 1. The number of hydrogen-bond acceptors (Lipinski definition) is 6. The maximum absolute atomic E-state index is 12.4. The molecule has 0 saturated carbocycles. The number of rotatable bonds is 7. The van der Waals surface area contributed by atoms with Crippen LogP contribution in [0.2, 0.25) is 0 Å². The summed E-state index contributed by atoms with van der Waals surface area (Å²) in [6.45, 7) is -0.0578. The lowest BCUT2D eigenvalue weighted by Crippen LogP contribution is -2.30. The third-order valence-electron chi connectivity index (χ3n) is 4.71. The fourth-order valence-electron chi connectivity index (χ4n) is 2.99. The fourth-order valence-corrected chi connectivity index (χ4v) is 2.99. The maximum atomic E-state index is 12.4. The van der Waals surface area contributed by atoms with Crippen LogP contribution in [0.5, 0.6) is 17.2 Å². The van der Waals surface area contributed by atoms with Gasteiger partial charge in [0.15, 0.2) is 6.61 Å². The van der Waals surface area contributed by atoms with E-state index in [4.69, 9.17) is 14.2 Å². The molecule has 1 N–H and O–H groups in total. The topological polar surface area (TPSA) is 85.3 Å². The number of phenolic OH excluding ortho intramolecular Hbond substituents is 1. The van der Waals surface area contributed by atoms with E-state index < -0.39 is 12.6 Å². The monoisotopic (exact) mass is 409 g/mol. The highest BCUT2D eigenvalue weighted by Gasteiger charge is 2.17. The molecule has 0 aliphatic carbocycles. The average molecular weight is 409 g/mol. The van der Waals surface area contributed by atoms with Crippen molar-refractivity contribution in [2.45, 2.75) is 6.54 Å². The Labute approximate surface area is 174 Å². The van der Waals surface area contributed by atoms with Crippen LogP contribution < -0.4 is 9.47 Å². The van der Waals surface area contributed by atoms with Gasteiger partial charge in [-0.15, -0.1) is 0 Å². The molecule has 1 amide bonds. The van der Waals surface area contributed by atoms with E-state index in [1.165, 1.54) is 30.2 Å². The molecular weight excluding hydrogens is 386 g/mol. The first kappa shape index (κ1) is 21.0. The molecule has 0 radical (unpaired) electrons. The summed E-state index contributed by atoms with van der Waals surface area (Å²) in [5.41, 5.74) is 0.916. The number of methoxy groups -OCH3 is 2. The zero-order valence-electron chi connectivity index (χ0n) is 17.0. The summed E-state index contributed by atoms with van der Waals surface area (Å²) in [4.78, 5) is 26.0. The molecule has 0 heterocycles. The molecule has 7 heteroatoms. The number of hydrogen-bond donors (Lipinski definition) is 1. The van der Waals surface area contributed by atoms with E-state index in [1.54, 1.807) is 14.2 Å². The molecule has 0 aliphatic heterocycles. The predicted molar refractivity (Wildman–Crippen MR) is 112 cm³/mol. The molecule has 0 aromatic heterocycles. The number of likely N-dealkylation sites (N-methyl/N-ethyl adjacent to an activating group) is 1. The summed E-state index contributed by atoms with van der Waals surface area (Å²) >= 11 is 0. The molecule has 7 nitrogen and oxygen atoms in total. The first-order valence-electron chi connectivity index (χ1n) is 9.26. The number of fused-ring (bicyclic) bond motifs is 1. The second-order valence-corrected chi connectivity index (χ2v) is 6.76. The van der Waals surface area contributed by atoms with Crippen LogP contribution in [0.3, 0.4) is 0 Å². The second kappa shape index (κ2) is 9.17. The van der Waals surface area contributed by atoms with Gasteiger partial charge in [-0.05, 0) is 46.7 Å². The van der Waals surface area contributed by atoms with Gasteiger partial charge in [0.1, 0.15) is 22.8 Å². The van der Waals surface area contributed by atoms with Gasteiger partial charge in [-0.3, -0.25) is 4.79 Å². The van der Waals surface area contributed by atoms with Crippen LogP contribution in [0.15, 0.2) is 54.6 Å². The van der Waals surface area contributed by atoms with Gasteiger partial charge < -0.3 is 24.2 Å². The summed E-state index contributed by atoms with van der Waals surface area (Å²) < 4.78 is 15.3. The van der Waals surface area contributed by atoms with Gasteiger partial charge in [-0.25, -0.2) is 4.79 Å². The molecule has 0 unspecified atom stereocenters. The Balaban J connectivity index is 1.59. The van der Waals surface area contributed by atoms with Crippen molar-refractivity contribution < 1.29 is 28.9 Å². The van der Waals surface area contributed by atoms with Gasteiger partial charge in [-0.1, -0.05) is 18.2 Å². The number of esters is 1. The van der Waals surface area contributed by atoms with Gasteiger partial charge in [0.2, 0.25) is 0 Å². The van der Waals surface area contributed by atoms with Crippen molar-refractivity contribution in [3.63, 3.8) is 0 Å². The van der Waals surface area contributed by atoms with Crippen LogP contribution in [-0.2, 0) is 16.1 Å². The van der Waals surface area contributed by atoms with Crippen LogP contribution in [0.4, 0.5) is 0 Å². The van der Waals surface area contributed by atoms with Gasteiger partial charge >= 0.3 is 5.97 Å². The number of nitrogens with zero attached hydrogens (tertiary/aromatic N) is 1. The maximum Gasteiger partial charge on any atom is 0.342 e. The standard InChI is InChI=1S/C23H23NO6/c1-24(13-15-4-5-17-11-18(28-2)7-6-16(17)10-15)22(26)14-30-23(27)20-9-8-19(29-3)12-21(20)25/h4-12,25H,13-14H2,1-3H3. The molecule has 0 bridgehead atoms. The highest BCUT2D eigenvalue weighted by molar-refractivity contribution is 5.94. The number of benzene rings is 3. The Morgan fingerprint density at radius 2 is 1.53 bits per heavy atom. The third-order valence-corrected chi connectivity index (χ3v) is 4.71. The van der Waals surface area contributed by atoms with E-state index in [2.05, 4.69) is 0 Å². The number of carbonyl (C=O) groups is 2.